The summed E-state index contributed by atoms with van der Waals surface area (Å²) in [5.41, 5.74) is 0.533. The SMILES string of the molecule is O=C(NCC1(N2CCOCC2)CCCCC1)c1ccc(Cl)cc1Cl. The summed E-state index contributed by atoms with van der Waals surface area (Å²) >= 11 is 12.1. The number of amides is 1. The van der Waals surface area contributed by atoms with Gasteiger partial charge >= 0.3 is 0 Å². The van der Waals surface area contributed by atoms with E-state index in [0.29, 0.717) is 22.2 Å². The molecule has 0 atom stereocenters. The molecule has 2 fully saturated rings. The van der Waals surface area contributed by atoms with E-state index < -0.39 is 0 Å². The Morgan fingerprint density at radius 2 is 1.88 bits per heavy atom. The lowest BCUT2D eigenvalue weighted by molar-refractivity contribution is -0.0361. The zero-order valence-electron chi connectivity index (χ0n) is 13.8. The zero-order chi connectivity index (χ0) is 17.0. The lowest BCUT2D eigenvalue weighted by Gasteiger charge is -2.48. The average molecular weight is 371 g/mol. The van der Waals surface area contributed by atoms with Crippen molar-refractivity contribution in [2.75, 3.05) is 32.8 Å². The molecule has 1 N–H and O–H groups in total. The van der Waals surface area contributed by atoms with E-state index in [1.165, 1.54) is 19.3 Å². The highest BCUT2D eigenvalue weighted by molar-refractivity contribution is 6.36. The maximum absolute atomic E-state index is 12.6. The maximum atomic E-state index is 12.6. The van der Waals surface area contributed by atoms with Crippen LogP contribution in [0.4, 0.5) is 0 Å². The highest BCUT2D eigenvalue weighted by Crippen LogP contribution is 2.34. The largest absolute Gasteiger partial charge is 0.379 e. The topological polar surface area (TPSA) is 41.6 Å². The molecule has 1 heterocycles. The number of ether oxygens (including phenoxy) is 1. The Kier molecular flexibility index (Phi) is 6.03. The van der Waals surface area contributed by atoms with Gasteiger partial charge in [-0.15, -0.1) is 0 Å². The minimum Gasteiger partial charge on any atom is -0.379 e. The van der Waals surface area contributed by atoms with Crippen LogP contribution in [0.5, 0.6) is 0 Å². The van der Waals surface area contributed by atoms with Gasteiger partial charge in [0.15, 0.2) is 0 Å². The summed E-state index contributed by atoms with van der Waals surface area (Å²) in [7, 11) is 0. The van der Waals surface area contributed by atoms with Gasteiger partial charge in [0.2, 0.25) is 0 Å². The normalized spacial score (nSPS) is 21.4. The highest BCUT2D eigenvalue weighted by Gasteiger charge is 2.38. The molecule has 0 aromatic heterocycles. The minimum absolute atomic E-state index is 0.0522. The van der Waals surface area contributed by atoms with Crippen LogP contribution in [-0.4, -0.2) is 49.2 Å². The molecule has 1 amide bonds. The van der Waals surface area contributed by atoms with Gasteiger partial charge in [0.05, 0.1) is 23.8 Å². The molecule has 0 unspecified atom stereocenters. The Hall–Kier alpha value is -0.810. The van der Waals surface area contributed by atoms with Crippen LogP contribution in [0.3, 0.4) is 0 Å². The molecule has 1 saturated heterocycles. The second kappa shape index (κ2) is 8.05. The van der Waals surface area contributed by atoms with E-state index in [1.54, 1.807) is 18.2 Å². The number of nitrogens with one attached hydrogen (secondary N) is 1. The summed E-state index contributed by atoms with van der Waals surface area (Å²) in [5.74, 6) is -0.130. The molecular formula is C18H24Cl2N2O2. The molecule has 1 aliphatic carbocycles. The Balaban J connectivity index is 1.69. The van der Waals surface area contributed by atoms with Crippen molar-refractivity contribution in [2.24, 2.45) is 0 Å². The first kappa shape index (κ1) is 18.0. The second-order valence-electron chi connectivity index (χ2n) is 6.69. The first-order valence-corrected chi connectivity index (χ1v) is 9.42. The van der Waals surface area contributed by atoms with Gasteiger partial charge in [0.25, 0.3) is 5.91 Å². The third-order valence-corrected chi connectivity index (χ3v) is 5.77. The summed E-state index contributed by atoms with van der Waals surface area (Å²) in [6.07, 6.45) is 5.97. The van der Waals surface area contributed by atoms with Crippen molar-refractivity contribution in [3.63, 3.8) is 0 Å². The molecule has 0 radical (unpaired) electrons. The van der Waals surface area contributed by atoms with Crippen LogP contribution in [-0.2, 0) is 4.74 Å². The molecule has 1 aliphatic heterocycles. The summed E-state index contributed by atoms with van der Waals surface area (Å²) in [4.78, 5) is 15.1. The van der Waals surface area contributed by atoms with Gasteiger partial charge in [-0.3, -0.25) is 9.69 Å². The van der Waals surface area contributed by atoms with Crippen molar-refractivity contribution < 1.29 is 9.53 Å². The van der Waals surface area contributed by atoms with E-state index in [0.717, 1.165) is 39.1 Å². The van der Waals surface area contributed by atoms with Crippen molar-refractivity contribution in [2.45, 2.75) is 37.6 Å². The van der Waals surface area contributed by atoms with Crippen molar-refractivity contribution in [3.8, 4) is 0 Å². The summed E-state index contributed by atoms with van der Waals surface area (Å²) < 4.78 is 5.50. The van der Waals surface area contributed by atoms with Crippen LogP contribution >= 0.6 is 23.2 Å². The number of carbonyl (C=O) groups excluding carboxylic acids is 1. The number of carbonyl (C=O) groups is 1. The molecule has 132 valence electrons. The second-order valence-corrected chi connectivity index (χ2v) is 7.53. The van der Waals surface area contributed by atoms with Gasteiger partial charge in [0, 0.05) is 30.2 Å². The molecule has 1 aromatic carbocycles. The number of benzene rings is 1. The average Bonchev–Trinajstić information content (AvgIpc) is 2.61. The van der Waals surface area contributed by atoms with Gasteiger partial charge in [0.1, 0.15) is 0 Å². The van der Waals surface area contributed by atoms with Gasteiger partial charge in [-0.2, -0.15) is 0 Å². The van der Waals surface area contributed by atoms with Crippen molar-refractivity contribution in [1.82, 2.24) is 10.2 Å². The molecule has 4 nitrogen and oxygen atoms in total. The number of hydrogen-bond acceptors (Lipinski definition) is 3. The molecule has 0 bridgehead atoms. The number of rotatable bonds is 4. The van der Waals surface area contributed by atoms with Gasteiger partial charge < -0.3 is 10.1 Å². The first-order valence-electron chi connectivity index (χ1n) is 8.67. The fraction of sp³-hybridized carbons (Fsp3) is 0.611. The lowest BCUT2D eigenvalue weighted by Crippen LogP contribution is -2.59. The molecule has 24 heavy (non-hydrogen) atoms. The molecule has 3 rings (SSSR count). The van der Waals surface area contributed by atoms with Crippen LogP contribution in [0.25, 0.3) is 0 Å². The molecule has 2 aliphatic rings. The standard InChI is InChI=1S/C18H24Cl2N2O2/c19-14-4-5-15(16(20)12-14)17(23)21-13-18(6-2-1-3-7-18)22-8-10-24-11-9-22/h4-5,12H,1-3,6-11,13H2,(H,21,23). The molecule has 1 saturated carbocycles. The summed E-state index contributed by atoms with van der Waals surface area (Å²) in [6, 6.07) is 4.99. The van der Waals surface area contributed by atoms with E-state index in [2.05, 4.69) is 10.2 Å². The number of nitrogens with zero attached hydrogens (tertiary/aromatic N) is 1. The number of hydrogen-bond donors (Lipinski definition) is 1. The van der Waals surface area contributed by atoms with Crippen LogP contribution in [0.15, 0.2) is 18.2 Å². The molecule has 0 spiro atoms. The van der Waals surface area contributed by atoms with Crippen LogP contribution in [0, 0.1) is 0 Å². The van der Waals surface area contributed by atoms with Gasteiger partial charge in [-0.1, -0.05) is 42.5 Å². The van der Waals surface area contributed by atoms with Crippen molar-refractivity contribution in [1.29, 1.82) is 0 Å². The number of halogens is 2. The molecular weight excluding hydrogens is 347 g/mol. The predicted octanol–water partition coefficient (Wildman–Crippen LogP) is 3.76. The maximum Gasteiger partial charge on any atom is 0.252 e. The van der Waals surface area contributed by atoms with Crippen LogP contribution < -0.4 is 5.32 Å². The van der Waals surface area contributed by atoms with E-state index in [1.807, 2.05) is 0 Å². The third-order valence-electron chi connectivity index (χ3n) is 5.22. The van der Waals surface area contributed by atoms with Crippen LogP contribution in [0.2, 0.25) is 10.0 Å². The molecule has 6 heteroatoms. The lowest BCUT2D eigenvalue weighted by atomic mass is 9.79. The monoisotopic (exact) mass is 370 g/mol. The predicted molar refractivity (Wildman–Crippen MR) is 97.0 cm³/mol. The Labute approximate surface area is 153 Å². The van der Waals surface area contributed by atoms with Crippen LogP contribution in [0.1, 0.15) is 42.5 Å². The minimum atomic E-state index is -0.130. The Morgan fingerprint density at radius 1 is 1.17 bits per heavy atom. The fourth-order valence-corrected chi connectivity index (χ4v) is 4.36. The van der Waals surface area contributed by atoms with Gasteiger partial charge in [-0.05, 0) is 31.0 Å². The molecule has 1 aromatic rings. The summed E-state index contributed by atoms with van der Waals surface area (Å²) in [5, 5.41) is 4.05. The van der Waals surface area contributed by atoms with Crippen molar-refractivity contribution >= 4 is 29.1 Å². The first-order chi connectivity index (χ1) is 11.6. The Morgan fingerprint density at radius 3 is 2.54 bits per heavy atom. The van der Waals surface area contributed by atoms with Crippen molar-refractivity contribution in [3.05, 3.63) is 33.8 Å². The third kappa shape index (κ3) is 4.05. The van der Waals surface area contributed by atoms with E-state index >= 15 is 0 Å². The zero-order valence-corrected chi connectivity index (χ0v) is 15.3. The van der Waals surface area contributed by atoms with E-state index in [9.17, 15) is 4.79 Å². The van der Waals surface area contributed by atoms with Gasteiger partial charge in [-0.25, -0.2) is 0 Å². The Bertz CT molecular complexity index is 582. The van der Waals surface area contributed by atoms with E-state index in [-0.39, 0.29) is 11.4 Å². The quantitative estimate of drug-likeness (QED) is 0.876. The fourth-order valence-electron chi connectivity index (χ4n) is 3.87. The number of morpholine rings is 1. The van der Waals surface area contributed by atoms with E-state index in [4.69, 9.17) is 27.9 Å². The smallest absolute Gasteiger partial charge is 0.252 e. The summed E-state index contributed by atoms with van der Waals surface area (Å²) in [6.45, 7) is 4.09. The highest BCUT2D eigenvalue weighted by atomic mass is 35.5.